The molecule has 5 nitrogen and oxygen atoms in total. The molecule has 0 saturated heterocycles. The lowest BCUT2D eigenvalue weighted by Gasteiger charge is -2.18. The SMILES string of the molecule is CN(CCCO)S(=O)(=O)Nc1ccccc1Br. The lowest BCUT2D eigenvalue weighted by atomic mass is 10.3. The Morgan fingerprint density at radius 2 is 2.06 bits per heavy atom. The standard InChI is InChI=1S/C10H15BrN2O3S/c1-13(7-4-8-14)17(15,16)12-10-6-3-2-5-9(10)11/h2-3,5-6,12,14H,4,7-8H2,1H3. The van der Waals surface area contributed by atoms with E-state index in [1.165, 1.54) is 11.4 Å². The molecular formula is C10H15BrN2O3S. The smallest absolute Gasteiger partial charge is 0.301 e. The van der Waals surface area contributed by atoms with Crippen molar-refractivity contribution in [3.05, 3.63) is 28.7 Å². The summed E-state index contributed by atoms with van der Waals surface area (Å²) in [6.45, 7) is 0.241. The molecule has 0 heterocycles. The molecule has 0 spiro atoms. The van der Waals surface area contributed by atoms with Gasteiger partial charge in [-0.15, -0.1) is 0 Å². The van der Waals surface area contributed by atoms with Gasteiger partial charge in [-0.3, -0.25) is 4.72 Å². The Morgan fingerprint density at radius 1 is 1.41 bits per heavy atom. The molecule has 0 aliphatic rings. The zero-order valence-corrected chi connectivity index (χ0v) is 11.8. The van der Waals surface area contributed by atoms with Crippen molar-refractivity contribution in [2.75, 3.05) is 24.9 Å². The van der Waals surface area contributed by atoms with Crippen molar-refractivity contribution in [2.24, 2.45) is 0 Å². The molecule has 17 heavy (non-hydrogen) atoms. The van der Waals surface area contributed by atoms with E-state index in [4.69, 9.17) is 5.11 Å². The van der Waals surface area contributed by atoms with Crippen molar-refractivity contribution in [1.29, 1.82) is 0 Å². The van der Waals surface area contributed by atoms with Crippen LogP contribution in [0.25, 0.3) is 0 Å². The van der Waals surface area contributed by atoms with E-state index in [1.54, 1.807) is 24.3 Å². The molecule has 1 aromatic rings. The van der Waals surface area contributed by atoms with Crippen LogP contribution in [0.5, 0.6) is 0 Å². The molecule has 0 atom stereocenters. The normalized spacial score (nSPS) is 11.8. The number of anilines is 1. The van der Waals surface area contributed by atoms with Crippen molar-refractivity contribution >= 4 is 31.8 Å². The number of aliphatic hydroxyl groups excluding tert-OH is 1. The second-order valence-electron chi connectivity index (χ2n) is 3.49. The van der Waals surface area contributed by atoms with Crippen molar-refractivity contribution in [1.82, 2.24) is 4.31 Å². The van der Waals surface area contributed by atoms with E-state index >= 15 is 0 Å². The number of para-hydroxylation sites is 1. The minimum Gasteiger partial charge on any atom is -0.396 e. The highest BCUT2D eigenvalue weighted by Gasteiger charge is 2.17. The first kappa shape index (κ1) is 14.4. The van der Waals surface area contributed by atoms with Crippen LogP contribution in [-0.4, -0.2) is 38.0 Å². The van der Waals surface area contributed by atoms with Gasteiger partial charge in [-0.25, -0.2) is 0 Å². The predicted octanol–water partition coefficient (Wildman–Crippen LogP) is 1.42. The average molecular weight is 323 g/mol. The third kappa shape index (κ3) is 4.27. The Kier molecular flexibility index (Phi) is 5.38. The number of halogens is 1. The van der Waals surface area contributed by atoms with Gasteiger partial charge in [0.25, 0.3) is 0 Å². The van der Waals surface area contributed by atoms with E-state index in [1.807, 2.05) is 0 Å². The molecular weight excluding hydrogens is 308 g/mol. The Hall–Kier alpha value is -0.630. The fourth-order valence-corrected chi connectivity index (χ4v) is 2.67. The van der Waals surface area contributed by atoms with E-state index in [0.717, 1.165) is 0 Å². The van der Waals surface area contributed by atoms with E-state index in [2.05, 4.69) is 20.7 Å². The van der Waals surface area contributed by atoms with Gasteiger partial charge in [0.05, 0.1) is 5.69 Å². The lowest BCUT2D eigenvalue weighted by Crippen LogP contribution is -2.33. The Labute approximate surface area is 110 Å². The van der Waals surface area contributed by atoms with Gasteiger partial charge in [0.1, 0.15) is 0 Å². The van der Waals surface area contributed by atoms with Gasteiger partial charge in [-0.2, -0.15) is 12.7 Å². The van der Waals surface area contributed by atoms with E-state index in [9.17, 15) is 8.42 Å². The summed E-state index contributed by atoms with van der Waals surface area (Å²) in [5.74, 6) is 0. The lowest BCUT2D eigenvalue weighted by molar-refractivity contribution is 0.276. The van der Waals surface area contributed by atoms with Crippen LogP contribution in [-0.2, 0) is 10.2 Å². The predicted molar refractivity (Wildman–Crippen MR) is 71.0 cm³/mol. The molecule has 0 saturated carbocycles. The zero-order valence-electron chi connectivity index (χ0n) is 9.43. The van der Waals surface area contributed by atoms with Crippen molar-refractivity contribution < 1.29 is 13.5 Å². The fourth-order valence-electron chi connectivity index (χ4n) is 1.17. The van der Waals surface area contributed by atoms with Crippen molar-refractivity contribution in [3.63, 3.8) is 0 Å². The summed E-state index contributed by atoms with van der Waals surface area (Å²) >= 11 is 3.27. The highest BCUT2D eigenvalue weighted by Crippen LogP contribution is 2.22. The Balaban J connectivity index is 2.76. The molecule has 0 amide bonds. The van der Waals surface area contributed by atoms with Crippen molar-refractivity contribution in [2.45, 2.75) is 6.42 Å². The molecule has 0 fully saturated rings. The average Bonchev–Trinajstić information content (AvgIpc) is 2.28. The maximum absolute atomic E-state index is 11.9. The monoisotopic (exact) mass is 322 g/mol. The maximum Gasteiger partial charge on any atom is 0.301 e. The highest BCUT2D eigenvalue weighted by molar-refractivity contribution is 9.10. The number of rotatable bonds is 6. The molecule has 0 aromatic heterocycles. The number of hydrogen-bond acceptors (Lipinski definition) is 3. The van der Waals surface area contributed by atoms with E-state index in [-0.39, 0.29) is 13.2 Å². The second-order valence-corrected chi connectivity index (χ2v) is 6.12. The van der Waals surface area contributed by atoms with Gasteiger partial charge in [-0.05, 0) is 34.5 Å². The quantitative estimate of drug-likeness (QED) is 0.832. The Morgan fingerprint density at radius 3 is 2.65 bits per heavy atom. The third-order valence-electron chi connectivity index (χ3n) is 2.15. The highest BCUT2D eigenvalue weighted by atomic mass is 79.9. The molecule has 96 valence electrons. The largest absolute Gasteiger partial charge is 0.396 e. The summed E-state index contributed by atoms with van der Waals surface area (Å²) in [4.78, 5) is 0. The minimum absolute atomic E-state index is 0.0328. The van der Waals surface area contributed by atoms with Gasteiger partial charge in [0.15, 0.2) is 0 Å². The van der Waals surface area contributed by atoms with Crippen LogP contribution in [0.3, 0.4) is 0 Å². The zero-order chi connectivity index (χ0) is 12.9. The summed E-state index contributed by atoms with van der Waals surface area (Å²) in [6.07, 6.45) is 0.410. The topological polar surface area (TPSA) is 69.6 Å². The summed E-state index contributed by atoms with van der Waals surface area (Å²) in [7, 11) is -2.10. The van der Waals surface area contributed by atoms with Crippen molar-refractivity contribution in [3.8, 4) is 0 Å². The van der Waals surface area contributed by atoms with Gasteiger partial charge >= 0.3 is 10.2 Å². The van der Waals surface area contributed by atoms with Crippen LogP contribution in [0.4, 0.5) is 5.69 Å². The third-order valence-corrected chi connectivity index (χ3v) is 4.33. The van der Waals surface area contributed by atoms with Crippen LogP contribution in [0, 0.1) is 0 Å². The molecule has 1 rings (SSSR count). The first-order chi connectivity index (χ1) is 7.97. The second kappa shape index (κ2) is 6.34. The molecule has 0 unspecified atom stereocenters. The molecule has 0 bridgehead atoms. The first-order valence-corrected chi connectivity index (χ1v) is 7.30. The van der Waals surface area contributed by atoms with Gasteiger partial charge in [0.2, 0.25) is 0 Å². The maximum atomic E-state index is 11.9. The number of nitrogens with zero attached hydrogens (tertiary/aromatic N) is 1. The van der Waals surface area contributed by atoms with Crippen LogP contribution >= 0.6 is 15.9 Å². The number of hydrogen-bond donors (Lipinski definition) is 2. The fraction of sp³-hybridized carbons (Fsp3) is 0.400. The molecule has 7 heteroatoms. The summed E-state index contributed by atoms with van der Waals surface area (Å²) in [5, 5.41) is 8.67. The summed E-state index contributed by atoms with van der Waals surface area (Å²) in [6, 6.07) is 6.97. The Bertz CT molecular complexity index is 464. The van der Waals surface area contributed by atoms with Gasteiger partial charge in [-0.1, -0.05) is 12.1 Å². The van der Waals surface area contributed by atoms with E-state index in [0.29, 0.717) is 16.6 Å². The van der Waals surface area contributed by atoms with Crippen LogP contribution in [0.15, 0.2) is 28.7 Å². The molecule has 0 aliphatic carbocycles. The minimum atomic E-state index is -3.57. The van der Waals surface area contributed by atoms with Crippen LogP contribution in [0.2, 0.25) is 0 Å². The molecule has 1 aromatic carbocycles. The number of aliphatic hydroxyl groups is 1. The van der Waals surface area contributed by atoms with E-state index < -0.39 is 10.2 Å². The van der Waals surface area contributed by atoms with Gasteiger partial charge < -0.3 is 5.11 Å². The molecule has 0 radical (unpaired) electrons. The van der Waals surface area contributed by atoms with Gasteiger partial charge in [0, 0.05) is 24.7 Å². The summed E-state index contributed by atoms with van der Waals surface area (Å²) < 4.78 is 28.1. The molecule has 0 aliphatic heterocycles. The molecule has 2 N–H and O–H groups in total. The number of benzene rings is 1. The van der Waals surface area contributed by atoms with Crippen LogP contribution in [0.1, 0.15) is 6.42 Å². The first-order valence-electron chi connectivity index (χ1n) is 5.07. The van der Waals surface area contributed by atoms with Crippen LogP contribution < -0.4 is 4.72 Å². The number of nitrogens with one attached hydrogen (secondary N) is 1. The summed E-state index contributed by atoms with van der Waals surface area (Å²) in [5.41, 5.74) is 0.489.